The van der Waals surface area contributed by atoms with Gasteiger partial charge < -0.3 is 0 Å². The molecule has 0 aliphatic carbocycles. The number of hydrogen-bond donors (Lipinski definition) is 1. The Balaban J connectivity index is 2.87. The first-order chi connectivity index (χ1) is 7.71. The molecule has 1 N–H and O–H groups in total. The molecule has 0 aromatic heterocycles. The summed E-state index contributed by atoms with van der Waals surface area (Å²) in [6.45, 7) is 12.2. The highest BCUT2D eigenvalue weighted by atomic mass is 32.2. The molecule has 0 aliphatic heterocycles. The Morgan fingerprint density at radius 1 is 1.24 bits per heavy atom. The second kappa shape index (κ2) is 5.32. The zero-order chi connectivity index (χ0) is 13.2. The first kappa shape index (κ1) is 14.4. The van der Waals surface area contributed by atoms with E-state index in [0.717, 1.165) is 0 Å². The molecule has 0 fully saturated rings. The minimum Gasteiger partial charge on any atom is -0.242 e. The van der Waals surface area contributed by atoms with Crippen molar-refractivity contribution in [3.05, 3.63) is 34.9 Å². The molecule has 0 saturated heterocycles. The van der Waals surface area contributed by atoms with Gasteiger partial charge in [0.15, 0.2) is 0 Å². The fourth-order valence-corrected chi connectivity index (χ4v) is 2.43. The lowest BCUT2D eigenvalue weighted by Gasteiger charge is -2.23. The van der Waals surface area contributed by atoms with E-state index in [1.165, 1.54) is 16.7 Å². The van der Waals surface area contributed by atoms with E-state index in [1.54, 1.807) is 0 Å². The molecule has 2 nitrogen and oxygen atoms in total. The fourth-order valence-electron chi connectivity index (χ4n) is 1.63. The summed E-state index contributed by atoms with van der Waals surface area (Å²) in [4.78, 5) is 0. The van der Waals surface area contributed by atoms with Crippen LogP contribution in [0.3, 0.4) is 0 Å². The molecule has 0 amide bonds. The van der Waals surface area contributed by atoms with E-state index >= 15 is 0 Å². The molecule has 96 valence electrons. The van der Waals surface area contributed by atoms with Crippen LogP contribution in [0, 0.1) is 13.8 Å². The van der Waals surface area contributed by atoms with Crippen molar-refractivity contribution in [2.75, 3.05) is 0 Å². The molecule has 1 rings (SSSR count). The summed E-state index contributed by atoms with van der Waals surface area (Å²) >= 11 is 0. The summed E-state index contributed by atoms with van der Waals surface area (Å²) in [5.41, 5.74) is 3.70. The number of aryl methyl sites for hydroxylation is 2. The highest BCUT2D eigenvalue weighted by Crippen LogP contribution is 2.21. The largest absolute Gasteiger partial charge is 0.242 e. The SMILES string of the molecule is Cc1ccc(C)c(C(C)NS(=O)C(C)(C)C)c1. The summed E-state index contributed by atoms with van der Waals surface area (Å²) in [7, 11) is -1.03. The van der Waals surface area contributed by atoms with Crippen molar-refractivity contribution in [2.24, 2.45) is 0 Å². The second-order valence-electron chi connectivity index (χ2n) is 5.58. The number of nitrogens with one attached hydrogen (secondary N) is 1. The molecule has 0 spiro atoms. The number of hydrogen-bond acceptors (Lipinski definition) is 1. The minimum absolute atomic E-state index is 0.106. The number of benzene rings is 1. The van der Waals surface area contributed by atoms with E-state index in [2.05, 4.69) is 43.7 Å². The van der Waals surface area contributed by atoms with Crippen molar-refractivity contribution >= 4 is 11.0 Å². The van der Waals surface area contributed by atoms with Crippen molar-refractivity contribution in [2.45, 2.75) is 52.3 Å². The average Bonchev–Trinajstić information content (AvgIpc) is 2.20. The maximum Gasteiger partial charge on any atom is 0.0975 e. The molecule has 2 unspecified atom stereocenters. The third-order valence-electron chi connectivity index (χ3n) is 2.74. The fraction of sp³-hybridized carbons (Fsp3) is 0.571. The predicted molar refractivity (Wildman–Crippen MR) is 75.4 cm³/mol. The molecule has 0 saturated carbocycles. The van der Waals surface area contributed by atoms with Crippen molar-refractivity contribution in [3.8, 4) is 0 Å². The Kier molecular flexibility index (Phi) is 4.50. The van der Waals surface area contributed by atoms with Gasteiger partial charge in [0, 0.05) is 6.04 Å². The Morgan fingerprint density at radius 3 is 2.35 bits per heavy atom. The third kappa shape index (κ3) is 3.93. The van der Waals surface area contributed by atoms with Crippen molar-refractivity contribution in [1.29, 1.82) is 0 Å². The third-order valence-corrected chi connectivity index (χ3v) is 4.42. The van der Waals surface area contributed by atoms with Gasteiger partial charge >= 0.3 is 0 Å². The van der Waals surface area contributed by atoms with Gasteiger partial charge in [0.25, 0.3) is 0 Å². The first-order valence-corrected chi connectivity index (χ1v) is 7.12. The molecule has 1 aromatic rings. The summed E-state index contributed by atoms with van der Waals surface area (Å²) in [5.74, 6) is 0. The van der Waals surface area contributed by atoms with Gasteiger partial charge in [-0.15, -0.1) is 0 Å². The van der Waals surface area contributed by atoms with Crippen molar-refractivity contribution in [1.82, 2.24) is 4.72 Å². The van der Waals surface area contributed by atoms with Gasteiger partial charge in [-0.05, 0) is 52.7 Å². The quantitative estimate of drug-likeness (QED) is 0.878. The van der Waals surface area contributed by atoms with Crippen LogP contribution in [0.1, 0.15) is 50.4 Å². The van der Waals surface area contributed by atoms with Gasteiger partial charge in [0.05, 0.1) is 15.7 Å². The summed E-state index contributed by atoms with van der Waals surface area (Å²) < 4.78 is 15.0. The van der Waals surface area contributed by atoms with E-state index in [0.29, 0.717) is 0 Å². The Hall–Kier alpha value is -0.670. The van der Waals surface area contributed by atoms with E-state index in [-0.39, 0.29) is 10.8 Å². The normalized spacial score (nSPS) is 15.6. The van der Waals surface area contributed by atoms with Crippen LogP contribution in [0.25, 0.3) is 0 Å². The lowest BCUT2D eigenvalue weighted by molar-refractivity contribution is 0.615. The molecule has 0 heterocycles. The molecule has 0 radical (unpaired) electrons. The van der Waals surface area contributed by atoms with E-state index in [1.807, 2.05) is 20.8 Å². The lowest BCUT2D eigenvalue weighted by Crippen LogP contribution is -2.35. The number of rotatable bonds is 3. The van der Waals surface area contributed by atoms with Crippen LogP contribution in [0.4, 0.5) is 0 Å². The van der Waals surface area contributed by atoms with Gasteiger partial charge in [0.2, 0.25) is 0 Å². The van der Waals surface area contributed by atoms with E-state index in [9.17, 15) is 4.21 Å². The molecule has 17 heavy (non-hydrogen) atoms. The Labute approximate surface area is 107 Å². The van der Waals surface area contributed by atoms with Gasteiger partial charge in [-0.25, -0.2) is 8.93 Å². The van der Waals surface area contributed by atoms with Crippen LogP contribution in [-0.4, -0.2) is 8.96 Å². The van der Waals surface area contributed by atoms with Crippen LogP contribution in [0.2, 0.25) is 0 Å². The lowest BCUT2D eigenvalue weighted by atomic mass is 10.0. The van der Waals surface area contributed by atoms with Crippen LogP contribution >= 0.6 is 0 Å². The Morgan fingerprint density at radius 2 is 1.82 bits per heavy atom. The second-order valence-corrected chi connectivity index (χ2v) is 7.58. The van der Waals surface area contributed by atoms with Gasteiger partial charge in [-0.1, -0.05) is 23.8 Å². The summed E-state index contributed by atoms with van der Waals surface area (Å²) in [6.07, 6.45) is 0. The maximum atomic E-state index is 12.0. The average molecular weight is 253 g/mol. The van der Waals surface area contributed by atoms with Gasteiger partial charge in [-0.3, -0.25) is 0 Å². The van der Waals surface area contributed by atoms with Crippen molar-refractivity contribution in [3.63, 3.8) is 0 Å². The highest BCUT2D eigenvalue weighted by molar-refractivity contribution is 7.84. The molecular weight excluding hydrogens is 230 g/mol. The molecule has 3 heteroatoms. The Bertz CT molecular complexity index is 421. The smallest absolute Gasteiger partial charge is 0.0975 e. The minimum atomic E-state index is -1.03. The monoisotopic (exact) mass is 253 g/mol. The van der Waals surface area contributed by atoms with E-state index in [4.69, 9.17) is 0 Å². The summed E-state index contributed by atoms with van der Waals surface area (Å²) in [5, 5.41) is 0. The highest BCUT2D eigenvalue weighted by Gasteiger charge is 2.22. The van der Waals surface area contributed by atoms with Crippen LogP contribution in [-0.2, 0) is 11.0 Å². The molecule has 0 bridgehead atoms. The predicted octanol–water partition coefficient (Wildman–Crippen LogP) is 3.42. The standard InChI is InChI=1S/C14H23NOS/c1-10-7-8-11(2)13(9-10)12(3)15-17(16)14(4,5)6/h7-9,12,15H,1-6H3. The molecule has 2 atom stereocenters. The van der Waals surface area contributed by atoms with Crippen LogP contribution < -0.4 is 4.72 Å². The zero-order valence-corrected chi connectivity index (χ0v) is 12.4. The van der Waals surface area contributed by atoms with E-state index < -0.39 is 11.0 Å². The van der Waals surface area contributed by atoms with Crippen molar-refractivity contribution < 1.29 is 4.21 Å². The van der Waals surface area contributed by atoms with Crippen LogP contribution in [0.5, 0.6) is 0 Å². The zero-order valence-electron chi connectivity index (χ0n) is 11.6. The molecular formula is C14H23NOS. The van der Waals surface area contributed by atoms with Gasteiger partial charge in [-0.2, -0.15) is 0 Å². The summed E-state index contributed by atoms with van der Waals surface area (Å²) in [6, 6.07) is 6.48. The van der Waals surface area contributed by atoms with Gasteiger partial charge in [0.1, 0.15) is 0 Å². The maximum absolute atomic E-state index is 12.0. The molecule has 1 aromatic carbocycles. The first-order valence-electron chi connectivity index (χ1n) is 5.97. The topological polar surface area (TPSA) is 29.1 Å². The van der Waals surface area contributed by atoms with Crippen LogP contribution in [0.15, 0.2) is 18.2 Å². The molecule has 0 aliphatic rings.